The van der Waals surface area contributed by atoms with Crippen molar-refractivity contribution in [3.8, 4) is 0 Å². The highest BCUT2D eigenvalue weighted by molar-refractivity contribution is 5.88. The molecule has 2 unspecified atom stereocenters. The van der Waals surface area contributed by atoms with E-state index < -0.39 is 11.5 Å². The van der Waals surface area contributed by atoms with Crippen molar-refractivity contribution >= 4 is 5.78 Å². The van der Waals surface area contributed by atoms with Crippen LogP contribution in [0.15, 0.2) is 11.1 Å². The number of allylic oxidation sites excluding steroid dienone is 1. The van der Waals surface area contributed by atoms with E-state index in [0.29, 0.717) is 25.4 Å². The summed E-state index contributed by atoms with van der Waals surface area (Å²) in [7, 11) is 1.83. The number of carbonyl (C=O) groups is 1. The van der Waals surface area contributed by atoms with Gasteiger partial charge in [-0.15, -0.1) is 0 Å². The highest BCUT2D eigenvalue weighted by atomic mass is 16.5. The van der Waals surface area contributed by atoms with Gasteiger partial charge in [0.2, 0.25) is 0 Å². The molecule has 4 rings (SSSR count). The number of aliphatic hydroxyl groups is 1. The molecule has 3 fully saturated rings. The average molecular weight is 348 g/mol. The highest BCUT2D eigenvalue weighted by Crippen LogP contribution is 2.61. The molecule has 1 aliphatic heterocycles. The van der Waals surface area contributed by atoms with Gasteiger partial charge in [0.1, 0.15) is 5.78 Å². The Labute approximate surface area is 151 Å². The molecular formula is C21H32O4. The number of hydrogen-bond acceptors (Lipinski definition) is 4. The summed E-state index contributed by atoms with van der Waals surface area (Å²) < 4.78 is 12.0. The minimum atomic E-state index is -0.686. The van der Waals surface area contributed by atoms with E-state index in [0.717, 1.165) is 19.3 Å². The van der Waals surface area contributed by atoms with Gasteiger partial charge in [-0.05, 0) is 39.0 Å². The van der Waals surface area contributed by atoms with Gasteiger partial charge in [0.25, 0.3) is 0 Å². The number of hydrogen-bond donors (Lipinski definition) is 1. The Kier molecular flexibility index (Phi) is 3.82. The van der Waals surface area contributed by atoms with Gasteiger partial charge in [0.15, 0.2) is 0 Å². The van der Waals surface area contributed by atoms with Crippen LogP contribution in [0.25, 0.3) is 0 Å². The van der Waals surface area contributed by atoms with Crippen LogP contribution in [0.2, 0.25) is 0 Å². The molecule has 4 aliphatic rings. The summed E-state index contributed by atoms with van der Waals surface area (Å²) in [6.07, 6.45) is 3.34. The van der Waals surface area contributed by atoms with Crippen molar-refractivity contribution in [2.45, 2.75) is 77.6 Å². The molecule has 4 nitrogen and oxygen atoms in total. The van der Waals surface area contributed by atoms with E-state index >= 15 is 0 Å². The van der Waals surface area contributed by atoms with E-state index in [1.807, 2.05) is 14.0 Å². The number of carbonyl (C=O) groups excluding carboxylic acids is 1. The maximum absolute atomic E-state index is 13.5. The van der Waals surface area contributed by atoms with Gasteiger partial charge in [-0.3, -0.25) is 4.79 Å². The van der Waals surface area contributed by atoms with Gasteiger partial charge in [-0.1, -0.05) is 25.0 Å². The molecule has 25 heavy (non-hydrogen) atoms. The van der Waals surface area contributed by atoms with E-state index in [2.05, 4.69) is 20.8 Å². The number of rotatable bonds is 1. The predicted octanol–water partition coefficient (Wildman–Crippen LogP) is 3.27. The van der Waals surface area contributed by atoms with Crippen LogP contribution in [0.1, 0.15) is 59.8 Å². The largest absolute Gasteiger partial charge is 0.392 e. The molecule has 1 heterocycles. The fourth-order valence-electron chi connectivity index (χ4n) is 6.41. The molecule has 1 N–H and O–H groups in total. The van der Waals surface area contributed by atoms with Gasteiger partial charge in [-0.2, -0.15) is 0 Å². The second kappa shape index (κ2) is 5.40. The van der Waals surface area contributed by atoms with Crippen LogP contribution in [0, 0.1) is 22.7 Å². The smallest absolute Gasteiger partial charge is 0.145 e. The molecule has 0 amide bonds. The van der Waals surface area contributed by atoms with Crippen LogP contribution in [-0.2, 0) is 14.3 Å². The molecule has 2 saturated carbocycles. The third-order valence-corrected chi connectivity index (χ3v) is 8.61. The number of ketones is 1. The monoisotopic (exact) mass is 348 g/mol. The van der Waals surface area contributed by atoms with Crippen molar-refractivity contribution in [2.75, 3.05) is 13.7 Å². The quantitative estimate of drug-likeness (QED) is 0.739. The molecule has 0 aromatic heterocycles. The first-order valence-corrected chi connectivity index (χ1v) is 9.74. The van der Waals surface area contributed by atoms with E-state index in [1.54, 1.807) is 0 Å². The second-order valence-electron chi connectivity index (χ2n) is 9.56. The van der Waals surface area contributed by atoms with E-state index in [4.69, 9.17) is 9.47 Å². The molecule has 0 spiro atoms. The minimum absolute atomic E-state index is 0.109. The standard InChI is InChI=1S/C21H32O4/c1-12-6-7-21(24-5)10-15-13-11-25-16(13)9-18(23)20(15,4)17(22)8-14(12)19(21,2)3/h13,15-16,18,23H,6-11H2,1-5H3/t13?,15?,16-,18+,20-,21-/m1/s1. The maximum atomic E-state index is 13.5. The molecule has 0 aromatic carbocycles. The second-order valence-corrected chi connectivity index (χ2v) is 9.56. The average Bonchev–Trinajstić information content (AvgIpc) is 2.54. The Morgan fingerprint density at radius 2 is 2.00 bits per heavy atom. The first kappa shape index (κ1) is 17.7. The minimum Gasteiger partial charge on any atom is -0.392 e. The lowest BCUT2D eigenvalue weighted by atomic mass is 9.48. The third-order valence-electron chi connectivity index (χ3n) is 8.61. The Bertz CT molecular complexity index is 636. The predicted molar refractivity (Wildman–Crippen MR) is 95.1 cm³/mol. The van der Waals surface area contributed by atoms with Crippen LogP contribution in [-0.4, -0.2) is 42.4 Å². The molecular weight excluding hydrogens is 316 g/mol. The fraction of sp³-hybridized carbons (Fsp3) is 0.857. The van der Waals surface area contributed by atoms with Crippen LogP contribution >= 0.6 is 0 Å². The Hall–Kier alpha value is -0.710. The zero-order chi connectivity index (χ0) is 18.2. The van der Waals surface area contributed by atoms with Crippen LogP contribution in [0.4, 0.5) is 0 Å². The van der Waals surface area contributed by atoms with E-state index in [-0.39, 0.29) is 28.8 Å². The van der Waals surface area contributed by atoms with Crippen LogP contribution in [0.5, 0.6) is 0 Å². The number of fused-ring (bicyclic) bond motifs is 5. The summed E-state index contributed by atoms with van der Waals surface area (Å²) in [5, 5.41) is 10.9. The number of methoxy groups -OCH3 is 1. The topological polar surface area (TPSA) is 55.8 Å². The van der Waals surface area contributed by atoms with Crippen LogP contribution < -0.4 is 0 Å². The summed E-state index contributed by atoms with van der Waals surface area (Å²) in [6.45, 7) is 9.38. The summed E-state index contributed by atoms with van der Waals surface area (Å²) in [5.41, 5.74) is 1.45. The fourth-order valence-corrected chi connectivity index (χ4v) is 6.41. The third kappa shape index (κ3) is 2.08. The van der Waals surface area contributed by atoms with Crippen molar-refractivity contribution in [3.05, 3.63) is 11.1 Å². The van der Waals surface area contributed by atoms with Gasteiger partial charge >= 0.3 is 0 Å². The molecule has 140 valence electrons. The normalized spacial score (nSPS) is 48.8. The van der Waals surface area contributed by atoms with Crippen molar-refractivity contribution in [3.63, 3.8) is 0 Å². The zero-order valence-corrected chi connectivity index (χ0v) is 16.2. The lowest BCUT2D eigenvalue weighted by Crippen LogP contribution is -2.66. The zero-order valence-electron chi connectivity index (χ0n) is 16.2. The Morgan fingerprint density at radius 3 is 2.60 bits per heavy atom. The first-order chi connectivity index (χ1) is 11.7. The molecule has 0 radical (unpaired) electrons. The molecule has 3 aliphatic carbocycles. The van der Waals surface area contributed by atoms with Gasteiger partial charge in [-0.25, -0.2) is 0 Å². The summed E-state index contributed by atoms with van der Waals surface area (Å²) in [6, 6.07) is 0. The van der Waals surface area contributed by atoms with Crippen molar-refractivity contribution < 1.29 is 19.4 Å². The highest BCUT2D eigenvalue weighted by Gasteiger charge is 2.64. The Balaban J connectivity index is 1.87. The lowest BCUT2D eigenvalue weighted by Gasteiger charge is -2.62. The molecule has 2 bridgehead atoms. The van der Waals surface area contributed by atoms with Gasteiger partial charge < -0.3 is 14.6 Å². The van der Waals surface area contributed by atoms with Crippen molar-refractivity contribution in [1.82, 2.24) is 0 Å². The first-order valence-electron chi connectivity index (χ1n) is 9.74. The van der Waals surface area contributed by atoms with E-state index in [1.165, 1.54) is 11.1 Å². The van der Waals surface area contributed by atoms with Gasteiger partial charge in [0.05, 0.1) is 29.8 Å². The van der Waals surface area contributed by atoms with Crippen LogP contribution in [0.3, 0.4) is 0 Å². The van der Waals surface area contributed by atoms with Crippen molar-refractivity contribution in [2.24, 2.45) is 22.7 Å². The number of aliphatic hydroxyl groups excluding tert-OH is 1. The summed E-state index contributed by atoms with van der Waals surface area (Å²) in [4.78, 5) is 13.5. The maximum Gasteiger partial charge on any atom is 0.145 e. The Morgan fingerprint density at radius 1 is 1.28 bits per heavy atom. The summed E-state index contributed by atoms with van der Waals surface area (Å²) >= 11 is 0. The molecule has 1 saturated heterocycles. The molecule has 6 atom stereocenters. The number of ether oxygens (including phenoxy) is 2. The van der Waals surface area contributed by atoms with Gasteiger partial charge in [0, 0.05) is 31.3 Å². The molecule has 0 aromatic rings. The van der Waals surface area contributed by atoms with Crippen molar-refractivity contribution in [1.29, 1.82) is 0 Å². The SMILES string of the molecule is CO[C@]12CCC(C)=C(CC(=O)[C@@]3(C)C(C1)C1CO[C@@H]1C[C@@H]3O)C2(C)C. The summed E-state index contributed by atoms with van der Waals surface area (Å²) in [5.74, 6) is 0.708. The van der Waals surface area contributed by atoms with E-state index in [9.17, 15) is 9.90 Å². The lowest BCUT2D eigenvalue weighted by molar-refractivity contribution is -0.240. The molecule has 4 heteroatoms. The number of Topliss-reactive ketones (excluding diaryl/α,β-unsaturated/α-hetero) is 1.